The minimum atomic E-state index is -0.233. The number of nitrogens with zero attached hydrogens (tertiary/aromatic N) is 1. The third-order valence-corrected chi connectivity index (χ3v) is 5.09. The number of H-pyrrole nitrogens is 1. The predicted molar refractivity (Wildman–Crippen MR) is 106 cm³/mol. The molecule has 7 heteroatoms. The lowest BCUT2D eigenvalue weighted by Gasteiger charge is -2.22. The van der Waals surface area contributed by atoms with Crippen LogP contribution in [0, 0.1) is 5.92 Å². The number of fused-ring (bicyclic) bond motifs is 2. The van der Waals surface area contributed by atoms with Gasteiger partial charge in [-0.1, -0.05) is 38.5 Å². The number of ether oxygens (including phenoxy) is 2. The molecule has 0 saturated carbocycles. The Balaban J connectivity index is 1.43. The van der Waals surface area contributed by atoms with Crippen molar-refractivity contribution in [3.05, 3.63) is 53.9 Å². The van der Waals surface area contributed by atoms with E-state index in [4.69, 9.17) is 9.47 Å². The van der Waals surface area contributed by atoms with E-state index in [2.05, 4.69) is 34.4 Å². The van der Waals surface area contributed by atoms with Gasteiger partial charge in [0.25, 0.3) is 0 Å². The van der Waals surface area contributed by atoms with Gasteiger partial charge in [0, 0.05) is 6.54 Å². The van der Waals surface area contributed by atoms with E-state index in [0.29, 0.717) is 12.3 Å². The molecule has 1 aromatic heterocycles. The van der Waals surface area contributed by atoms with Crippen LogP contribution < -0.4 is 20.1 Å². The van der Waals surface area contributed by atoms with Crippen molar-refractivity contribution in [2.24, 2.45) is 5.92 Å². The number of carbonyl (C=O) groups is 1. The van der Waals surface area contributed by atoms with Crippen molar-refractivity contribution in [2.45, 2.75) is 32.9 Å². The van der Waals surface area contributed by atoms with Crippen molar-refractivity contribution in [2.75, 3.05) is 6.79 Å². The van der Waals surface area contributed by atoms with Crippen LogP contribution in [-0.4, -0.2) is 22.8 Å². The molecule has 3 aromatic rings. The molecular weight excluding hydrogens is 356 g/mol. The van der Waals surface area contributed by atoms with Crippen molar-refractivity contribution in [3.63, 3.8) is 0 Å². The number of carbonyl (C=O) groups excluding carboxylic acids is 1. The summed E-state index contributed by atoms with van der Waals surface area (Å²) in [6.45, 7) is 4.85. The van der Waals surface area contributed by atoms with Crippen LogP contribution in [0.15, 0.2) is 42.5 Å². The lowest BCUT2D eigenvalue weighted by Crippen LogP contribution is -2.40. The van der Waals surface area contributed by atoms with Crippen LogP contribution >= 0.6 is 0 Å². The van der Waals surface area contributed by atoms with E-state index in [-0.39, 0.29) is 24.8 Å². The van der Waals surface area contributed by atoms with E-state index in [1.807, 2.05) is 42.5 Å². The predicted octanol–water partition coefficient (Wildman–Crippen LogP) is 3.88. The maximum Gasteiger partial charge on any atom is 0.315 e. The van der Waals surface area contributed by atoms with E-state index in [1.165, 1.54) is 0 Å². The van der Waals surface area contributed by atoms with E-state index in [1.54, 1.807) is 0 Å². The van der Waals surface area contributed by atoms with E-state index in [0.717, 1.165) is 34.6 Å². The van der Waals surface area contributed by atoms with Gasteiger partial charge in [0.15, 0.2) is 11.5 Å². The van der Waals surface area contributed by atoms with Gasteiger partial charge >= 0.3 is 6.03 Å². The molecule has 0 spiro atoms. The van der Waals surface area contributed by atoms with Crippen LogP contribution in [0.25, 0.3) is 11.0 Å². The molecule has 28 heavy (non-hydrogen) atoms. The van der Waals surface area contributed by atoms with Crippen LogP contribution in [0.1, 0.15) is 37.7 Å². The lowest BCUT2D eigenvalue weighted by molar-refractivity contribution is 0.174. The number of benzene rings is 2. The van der Waals surface area contributed by atoms with Gasteiger partial charge in [0.2, 0.25) is 6.79 Å². The highest BCUT2D eigenvalue weighted by Gasteiger charge is 2.23. The number of nitrogens with one attached hydrogen (secondary N) is 3. The summed E-state index contributed by atoms with van der Waals surface area (Å²) in [6.07, 6.45) is 0.921. The van der Waals surface area contributed by atoms with Gasteiger partial charge < -0.3 is 25.1 Å². The highest BCUT2D eigenvalue weighted by atomic mass is 16.7. The SMILES string of the molecule is CCC(C)C(NC(=O)NCc1ccc2c(c1)OCO2)c1nc2ccccc2[nH]1. The maximum atomic E-state index is 12.5. The summed E-state index contributed by atoms with van der Waals surface area (Å²) in [7, 11) is 0. The smallest absolute Gasteiger partial charge is 0.315 e. The van der Waals surface area contributed by atoms with Crippen molar-refractivity contribution in [1.29, 1.82) is 0 Å². The molecule has 0 aliphatic carbocycles. The first-order valence-corrected chi connectivity index (χ1v) is 9.51. The second-order valence-electron chi connectivity index (χ2n) is 7.02. The van der Waals surface area contributed by atoms with Gasteiger partial charge in [0.1, 0.15) is 5.82 Å². The second kappa shape index (κ2) is 7.80. The van der Waals surface area contributed by atoms with Gasteiger partial charge in [-0.3, -0.25) is 0 Å². The zero-order valence-electron chi connectivity index (χ0n) is 16.0. The molecule has 1 aliphatic heterocycles. The number of aromatic nitrogens is 2. The molecule has 0 saturated heterocycles. The summed E-state index contributed by atoms with van der Waals surface area (Å²) in [6, 6.07) is 13.1. The number of amides is 2. The zero-order chi connectivity index (χ0) is 19.5. The second-order valence-corrected chi connectivity index (χ2v) is 7.02. The Morgan fingerprint density at radius 3 is 2.86 bits per heavy atom. The summed E-state index contributed by atoms with van der Waals surface area (Å²) >= 11 is 0. The van der Waals surface area contributed by atoms with Gasteiger partial charge in [0.05, 0.1) is 17.1 Å². The molecule has 0 fully saturated rings. The van der Waals surface area contributed by atoms with Crippen LogP contribution in [-0.2, 0) is 6.54 Å². The Morgan fingerprint density at radius 1 is 1.21 bits per heavy atom. The Labute approximate surface area is 163 Å². The summed E-state index contributed by atoms with van der Waals surface area (Å²) < 4.78 is 10.7. The molecule has 0 bridgehead atoms. The minimum Gasteiger partial charge on any atom is -0.454 e. The Hall–Kier alpha value is -3.22. The fourth-order valence-corrected chi connectivity index (χ4v) is 3.26. The fraction of sp³-hybridized carbons (Fsp3) is 0.333. The summed E-state index contributed by atoms with van der Waals surface area (Å²) in [5.74, 6) is 2.44. The number of hydrogen-bond acceptors (Lipinski definition) is 4. The van der Waals surface area contributed by atoms with Gasteiger partial charge in [-0.25, -0.2) is 9.78 Å². The highest BCUT2D eigenvalue weighted by Crippen LogP contribution is 2.32. The van der Waals surface area contributed by atoms with Crippen LogP contribution in [0.3, 0.4) is 0 Å². The number of imidazole rings is 1. The first-order chi connectivity index (χ1) is 13.6. The van der Waals surface area contributed by atoms with E-state index >= 15 is 0 Å². The molecular formula is C21H24N4O3. The first kappa shape index (κ1) is 18.2. The lowest BCUT2D eigenvalue weighted by atomic mass is 9.99. The van der Waals surface area contributed by atoms with Crippen LogP contribution in [0.5, 0.6) is 11.5 Å². The third-order valence-electron chi connectivity index (χ3n) is 5.09. The molecule has 2 atom stereocenters. The van der Waals surface area contributed by atoms with Crippen LogP contribution in [0.2, 0.25) is 0 Å². The fourth-order valence-electron chi connectivity index (χ4n) is 3.26. The van der Waals surface area contributed by atoms with Gasteiger partial charge in [-0.05, 0) is 35.7 Å². The first-order valence-electron chi connectivity index (χ1n) is 9.51. The van der Waals surface area contributed by atoms with Crippen molar-refractivity contribution in [3.8, 4) is 11.5 Å². The molecule has 4 rings (SSSR count). The number of urea groups is 1. The zero-order valence-corrected chi connectivity index (χ0v) is 16.0. The van der Waals surface area contributed by atoms with E-state index in [9.17, 15) is 4.79 Å². The van der Waals surface area contributed by atoms with Crippen molar-refractivity contribution in [1.82, 2.24) is 20.6 Å². The number of rotatable bonds is 6. The quantitative estimate of drug-likeness (QED) is 0.606. The van der Waals surface area contributed by atoms with Crippen LogP contribution in [0.4, 0.5) is 4.79 Å². The van der Waals surface area contributed by atoms with Gasteiger partial charge in [-0.2, -0.15) is 0 Å². The Bertz CT molecular complexity index is 952. The highest BCUT2D eigenvalue weighted by molar-refractivity contribution is 5.76. The average Bonchev–Trinajstić information content (AvgIpc) is 3.35. The van der Waals surface area contributed by atoms with Crippen molar-refractivity contribution >= 4 is 17.1 Å². The molecule has 0 radical (unpaired) electrons. The molecule has 2 aromatic carbocycles. The number of hydrogen-bond donors (Lipinski definition) is 3. The summed E-state index contributed by atoms with van der Waals surface area (Å²) in [5, 5.41) is 5.98. The molecule has 146 valence electrons. The maximum absolute atomic E-state index is 12.5. The largest absolute Gasteiger partial charge is 0.454 e. The summed E-state index contributed by atoms with van der Waals surface area (Å²) in [5.41, 5.74) is 2.81. The average molecular weight is 380 g/mol. The molecule has 1 aliphatic rings. The normalized spacial score (nSPS) is 14.6. The molecule has 7 nitrogen and oxygen atoms in total. The monoisotopic (exact) mass is 380 g/mol. The topological polar surface area (TPSA) is 88.3 Å². The third kappa shape index (κ3) is 3.74. The standard InChI is InChI=1S/C21H24N4O3/c1-3-13(2)19(20-23-15-6-4-5-7-16(15)24-20)25-21(26)22-11-14-8-9-17-18(10-14)28-12-27-17/h4-10,13,19H,3,11-12H2,1-2H3,(H,23,24)(H2,22,25,26). The van der Waals surface area contributed by atoms with E-state index < -0.39 is 0 Å². The number of para-hydroxylation sites is 2. The molecule has 2 unspecified atom stereocenters. The van der Waals surface area contributed by atoms with Gasteiger partial charge in [-0.15, -0.1) is 0 Å². The minimum absolute atomic E-state index is 0.200. The Kier molecular flexibility index (Phi) is 5.06. The summed E-state index contributed by atoms with van der Waals surface area (Å²) in [4.78, 5) is 20.5. The number of aromatic amines is 1. The molecule has 3 N–H and O–H groups in total. The van der Waals surface area contributed by atoms with Crippen molar-refractivity contribution < 1.29 is 14.3 Å². The molecule has 2 amide bonds. The Morgan fingerprint density at radius 2 is 2.04 bits per heavy atom. The molecule has 2 heterocycles.